The Hall–Kier alpha value is -1.87. The Morgan fingerprint density at radius 3 is 2.45 bits per heavy atom. The van der Waals surface area contributed by atoms with Crippen molar-refractivity contribution < 1.29 is 4.79 Å². The van der Waals surface area contributed by atoms with E-state index in [9.17, 15) is 4.79 Å². The lowest BCUT2D eigenvalue weighted by Gasteiger charge is -2.18. The molecule has 4 heteroatoms. The summed E-state index contributed by atoms with van der Waals surface area (Å²) in [5.74, 6) is -0.0530. The van der Waals surface area contributed by atoms with E-state index in [1.54, 1.807) is 36.2 Å². The van der Waals surface area contributed by atoms with E-state index in [0.29, 0.717) is 11.1 Å². The first-order valence-corrected chi connectivity index (χ1v) is 7.16. The Kier molecular flexibility index (Phi) is 4.40. The standard InChI is InChI=1S/C16H13IN2O/c1-11-4-3-5-14(15(11)17)16(20)19(2)13-8-6-12(10-18)7-9-13/h3-9H,1-2H3. The van der Waals surface area contributed by atoms with E-state index in [2.05, 4.69) is 28.7 Å². The van der Waals surface area contributed by atoms with Crippen LogP contribution in [-0.2, 0) is 0 Å². The zero-order chi connectivity index (χ0) is 14.7. The number of aryl methyl sites for hydroxylation is 1. The van der Waals surface area contributed by atoms with Crippen molar-refractivity contribution in [2.75, 3.05) is 11.9 Å². The van der Waals surface area contributed by atoms with E-state index < -0.39 is 0 Å². The highest BCUT2D eigenvalue weighted by Crippen LogP contribution is 2.21. The molecule has 0 bridgehead atoms. The lowest BCUT2D eigenvalue weighted by atomic mass is 10.1. The van der Waals surface area contributed by atoms with E-state index >= 15 is 0 Å². The molecule has 0 saturated carbocycles. The second-order valence-corrected chi connectivity index (χ2v) is 5.54. The minimum atomic E-state index is -0.0530. The van der Waals surface area contributed by atoms with Gasteiger partial charge in [0, 0.05) is 16.3 Å². The van der Waals surface area contributed by atoms with Crippen molar-refractivity contribution in [3.63, 3.8) is 0 Å². The van der Waals surface area contributed by atoms with Gasteiger partial charge in [0.25, 0.3) is 5.91 Å². The van der Waals surface area contributed by atoms with Crippen LogP contribution in [0.2, 0.25) is 0 Å². The van der Waals surface area contributed by atoms with Gasteiger partial charge >= 0.3 is 0 Å². The Morgan fingerprint density at radius 2 is 1.85 bits per heavy atom. The molecule has 20 heavy (non-hydrogen) atoms. The summed E-state index contributed by atoms with van der Waals surface area (Å²) < 4.78 is 0.968. The lowest BCUT2D eigenvalue weighted by Crippen LogP contribution is -2.27. The van der Waals surface area contributed by atoms with Crippen molar-refractivity contribution in [2.45, 2.75) is 6.92 Å². The van der Waals surface area contributed by atoms with Gasteiger partial charge in [0.2, 0.25) is 0 Å². The Labute approximate surface area is 132 Å². The largest absolute Gasteiger partial charge is 0.311 e. The third-order valence-electron chi connectivity index (χ3n) is 3.11. The highest BCUT2D eigenvalue weighted by atomic mass is 127. The summed E-state index contributed by atoms with van der Waals surface area (Å²) in [5, 5.41) is 8.79. The molecule has 2 aromatic carbocycles. The fourth-order valence-electron chi connectivity index (χ4n) is 1.87. The number of nitrogens with zero attached hydrogens (tertiary/aromatic N) is 2. The highest BCUT2D eigenvalue weighted by Gasteiger charge is 2.16. The van der Waals surface area contributed by atoms with E-state index in [4.69, 9.17) is 5.26 Å². The first-order chi connectivity index (χ1) is 9.54. The van der Waals surface area contributed by atoms with Crippen molar-refractivity contribution >= 4 is 34.2 Å². The number of hydrogen-bond acceptors (Lipinski definition) is 2. The molecule has 0 atom stereocenters. The molecule has 0 fully saturated rings. The van der Waals surface area contributed by atoms with Gasteiger partial charge in [0.1, 0.15) is 0 Å². The second-order valence-electron chi connectivity index (χ2n) is 4.46. The lowest BCUT2D eigenvalue weighted by molar-refractivity contribution is 0.0992. The van der Waals surface area contributed by atoms with Crippen LogP contribution in [0.5, 0.6) is 0 Å². The van der Waals surface area contributed by atoms with Crippen LogP contribution in [0.25, 0.3) is 0 Å². The molecule has 3 nitrogen and oxygen atoms in total. The normalized spacial score (nSPS) is 9.90. The third-order valence-corrected chi connectivity index (χ3v) is 4.54. The Bertz CT molecular complexity index is 687. The molecule has 1 amide bonds. The minimum Gasteiger partial charge on any atom is -0.311 e. The van der Waals surface area contributed by atoms with Crippen LogP contribution < -0.4 is 4.90 Å². The van der Waals surface area contributed by atoms with Crippen molar-refractivity contribution in [3.05, 3.63) is 62.7 Å². The summed E-state index contributed by atoms with van der Waals surface area (Å²) in [6.07, 6.45) is 0. The van der Waals surface area contributed by atoms with Crippen LogP contribution in [0.3, 0.4) is 0 Å². The van der Waals surface area contributed by atoms with E-state index in [1.807, 2.05) is 25.1 Å². The summed E-state index contributed by atoms with van der Waals surface area (Å²) in [7, 11) is 1.74. The molecule has 0 saturated heterocycles. The zero-order valence-electron chi connectivity index (χ0n) is 11.2. The first kappa shape index (κ1) is 14.5. The molecular weight excluding hydrogens is 363 g/mol. The van der Waals surface area contributed by atoms with Crippen LogP contribution in [0.4, 0.5) is 5.69 Å². The van der Waals surface area contributed by atoms with Crippen molar-refractivity contribution in [1.82, 2.24) is 0 Å². The van der Waals surface area contributed by atoms with Crippen molar-refractivity contribution in [3.8, 4) is 6.07 Å². The fraction of sp³-hybridized carbons (Fsp3) is 0.125. The molecule has 0 aromatic heterocycles. The van der Waals surface area contributed by atoms with Crippen LogP contribution in [0.1, 0.15) is 21.5 Å². The average Bonchev–Trinajstić information content (AvgIpc) is 2.48. The quantitative estimate of drug-likeness (QED) is 0.750. The number of rotatable bonds is 2. The zero-order valence-corrected chi connectivity index (χ0v) is 13.4. The number of amides is 1. The van der Waals surface area contributed by atoms with Crippen LogP contribution >= 0.6 is 22.6 Å². The summed E-state index contributed by atoms with van der Waals surface area (Å²) in [6, 6.07) is 14.7. The molecule has 0 N–H and O–H groups in total. The van der Waals surface area contributed by atoms with E-state index in [1.165, 1.54) is 0 Å². The van der Waals surface area contributed by atoms with Gasteiger partial charge in [-0.3, -0.25) is 4.79 Å². The molecular formula is C16H13IN2O. The molecule has 0 unspecified atom stereocenters. The van der Waals surface area contributed by atoms with Gasteiger partial charge in [-0.1, -0.05) is 12.1 Å². The maximum Gasteiger partial charge on any atom is 0.259 e. The van der Waals surface area contributed by atoms with E-state index in [-0.39, 0.29) is 5.91 Å². The number of carbonyl (C=O) groups is 1. The van der Waals surface area contributed by atoms with Gasteiger partial charge in [-0.25, -0.2) is 0 Å². The molecule has 0 heterocycles. The van der Waals surface area contributed by atoms with E-state index in [0.717, 1.165) is 14.8 Å². The molecule has 2 rings (SSSR count). The molecule has 0 aliphatic heterocycles. The van der Waals surface area contributed by atoms with Gasteiger partial charge in [-0.2, -0.15) is 5.26 Å². The summed E-state index contributed by atoms with van der Waals surface area (Å²) in [4.78, 5) is 14.1. The molecule has 0 aliphatic rings. The van der Waals surface area contributed by atoms with Crippen molar-refractivity contribution in [2.24, 2.45) is 0 Å². The van der Waals surface area contributed by atoms with Gasteiger partial charge in [-0.05, 0) is 65.4 Å². The van der Waals surface area contributed by atoms with Gasteiger partial charge in [0.15, 0.2) is 0 Å². The summed E-state index contributed by atoms with van der Waals surface area (Å²) in [5.41, 5.74) is 3.13. The second kappa shape index (κ2) is 6.06. The highest BCUT2D eigenvalue weighted by molar-refractivity contribution is 14.1. The Morgan fingerprint density at radius 1 is 1.20 bits per heavy atom. The number of halogens is 1. The summed E-state index contributed by atoms with van der Waals surface area (Å²) >= 11 is 2.19. The van der Waals surface area contributed by atoms with Crippen molar-refractivity contribution in [1.29, 1.82) is 5.26 Å². The number of anilines is 1. The fourth-order valence-corrected chi connectivity index (χ4v) is 2.46. The van der Waals surface area contributed by atoms with Crippen LogP contribution in [0.15, 0.2) is 42.5 Å². The topological polar surface area (TPSA) is 44.1 Å². The SMILES string of the molecule is Cc1cccc(C(=O)N(C)c2ccc(C#N)cc2)c1I. The number of nitriles is 1. The van der Waals surface area contributed by atoms with Crippen LogP contribution in [-0.4, -0.2) is 13.0 Å². The molecule has 0 spiro atoms. The average molecular weight is 376 g/mol. The first-order valence-electron chi connectivity index (χ1n) is 6.08. The molecule has 100 valence electrons. The molecule has 0 radical (unpaired) electrons. The van der Waals surface area contributed by atoms with Gasteiger partial charge in [0.05, 0.1) is 17.2 Å². The smallest absolute Gasteiger partial charge is 0.259 e. The molecule has 0 aliphatic carbocycles. The third kappa shape index (κ3) is 2.83. The maximum absolute atomic E-state index is 12.5. The maximum atomic E-state index is 12.5. The van der Waals surface area contributed by atoms with Gasteiger partial charge < -0.3 is 4.90 Å². The Balaban J connectivity index is 2.32. The summed E-state index contributed by atoms with van der Waals surface area (Å²) in [6.45, 7) is 1.99. The van der Waals surface area contributed by atoms with Crippen LogP contribution in [0, 0.1) is 21.8 Å². The number of carbonyl (C=O) groups excluding carboxylic acids is 1. The predicted octanol–water partition coefficient (Wildman–Crippen LogP) is 3.75. The molecule has 2 aromatic rings. The number of benzene rings is 2. The predicted molar refractivity (Wildman–Crippen MR) is 87.8 cm³/mol. The van der Waals surface area contributed by atoms with Gasteiger partial charge in [-0.15, -0.1) is 0 Å². The number of hydrogen-bond donors (Lipinski definition) is 0. The monoisotopic (exact) mass is 376 g/mol. The minimum absolute atomic E-state index is 0.0530.